The predicted molar refractivity (Wildman–Crippen MR) is 111 cm³/mol. The molecule has 28 heavy (non-hydrogen) atoms. The number of nitrogens with one attached hydrogen (secondary N) is 2. The topological polar surface area (TPSA) is 54.2 Å². The molecule has 3 rings (SSSR count). The molecule has 5 nitrogen and oxygen atoms in total. The first-order valence-electron chi connectivity index (χ1n) is 9.53. The fraction of sp³-hybridized carbons (Fsp3) is 0.273. The van der Waals surface area contributed by atoms with Gasteiger partial charge in [0.05, 0.1) is 11.4 Å². The van der Waals surface area contributed by atoms with Crippen molar-refractivity contribution in [1.82, 2.24) is 20.4 Å². The molecule has 0 spiro atoms. The monoisotopic (exact) mass is 379 g/mol. The number of hydrogen-bond donors (Lipinski definition) is 2. The van der Waals surface area contributed by atoms with Gasteiger partial charge in [-0.25, -0.2) is 9.07 Å². The van der Waals surface area contributed by atoms with E-state index in [0.29, 0.717) is 0 Å². The first kappa shape index (κ1) is 19.6. The van der Waals surface area contributed by atoms with Gasteiger partial charge >= 0.3 is 0 Å². The van der Waals surface area contributed by atoms with Gasteiger partial charge in [-0.1, -0.05) is 30.3 Å². The zero-order valence-electron chi connectivity index (χ0n) is 16.1. The van der Waals surface area contributed by atoms with E-state index in [9.17, 15) is 4.39 Å². The zero-order chi connectivity index (χ0) is 19.6. The lowest BCUT2D eigenvalue weighted by atomic mass is 10.1. The molecule has 0 saturated carbocycles. The Morgan fingerprint density at radius 3 is 2.46 bits per heavy atom. The van der Waals surface area contributed by atoms with Crippen LogP contribution < -0.4 is 10.6 Å². The number of rotatable bonds is 8. The molecule has 146 valence electrons. The van der Waals surface area contributed by atoms with Crippen LogP contribution in [-0.4, -0.2) is 35.9 Å². The first-order chi connectivity index (χ1) is 13.7. The van der Waals surface area contributed by atoms with Crippen LogP contribution in [0.15, 0.2) is 71.9 Å². The maximum atomic E-state index is 13.0. The third kappa shape index (κ3) is 5.94. The maximum absolute atomic E-state index is 13.0. The van der Waals surface area contributed by atoms with Crippen molar-refractivity contribution < 1.29 is 4.39 Å². The molecule has 0 bridgehead atoms. The van der Waals surface area contributed by atoms with Gasteiger partial charge in [0.2, 0.25) is 0 Å². The minimum Gasteiger partial charge on any atom is -0.356 e. The summed E-state index contributed by atoms with van der Waals surface area (Å²) < 4.78 is 14.8. The number of hydrogen-bond acceptors (Lipinski definition) is 2. The molecule has 0 amide bonds. The average Bonchev–Trinajstić information content (AvgIpc) is 3.20. The highest BCUT2D eigenvalue weighted by atomic mass is 19.1. The summed E-state index contributed by atoms with van der Waals surface area (Å²) in [6.45, 7) is 1.60. The van der Waals surface area contributed by atoms with Crippen molar-refractivity contribution in [3.05, 3.63) is 83.9 Å². The third-order valence-corrected chi connectivity index (χ3v) is 4.41. The highest BCUT2D eigenvalue weighted by molar-refractivity contribution is 5.79. The van der Waals surface area contributed by atoms with Gasteiger partial charge in [0, 0.05) is 32.8 Å². The van der Waals surface area contributed by atoms with Crippen LogP contribution >= 0.6 is 0 Å². The van der Waals surface area contributed by atoms with E-state index in [0.717, 1.165) is 49.7 Å². The van der Waals surface area contributed by atoms with E-state index in [1.54, 1.807) is 23.9 Å². The molecule has 2 aromatic carbocycles. The van der Waals surface area contributed by atoms with Gasteiger partial charge < -0.3 is 10.6 Å². The molecule has 0 aliphatic rings. The SMILES string of the molecule is CN=C(NCCCc1ccccc1)NCCc1ccn(-c2ccc(F)cc2)n1. The molecule has 2 N–H and O–H groups in total. The Labute approximate surface area is 165 Å². The second-order valence-corrected chi connectivity index (χ2v) is 6.49. The fourth-order valence-electron chi connectivity index (χ4n) is 2.91. The van der Waals surface area contributed by atoms with E-state index in [1.165, 1.54) is 17.7 Å². The van der Waals surface area contributed by atoms with Crippen LogP contribution in [0.5, 0.6) is 0 Å². The Morgan fingerprint density at radius 2 is 1.71 bits per heavy atom. The highest BCUT2D eigenvalue weighted by Crippen LogP contribution is 2.09. The van der Waals surface area contributed by atoms with Gasteiger partial charge in [-0.3, -0.25) is 4.99 Å². The van der Waals surface area contributed by atoms with Gasteiger partial charge in [-0.05, 0) is 48.7 Å². The Balaban J connectivity index is 1.38. The summed E-state index contributed by atoms with van der Waals surface area (Å²) in [6, 6.07) is 18.8. The second-order valence-electron chi connectivity index (χ2n) is 6.49. The number of halogens is 1. The largest absolute Gasteiger partial charge is 0.356 e. The van der Waals surface area contributed by atoms with Crippen LogP contribution in [0.4, 0.5) is 4.39 Å². The molecule has 0 aliphatic heterocycles. The van der Waals surface area contributed by atoms with Crippen LogP contribution in [0.1, 0.15) is 17.7 Å². The normalized spacial score (nSPS) is 11.4. The molecule has 3 aromatic rings. The summed E-state index contributed by atoms with van der Waals surface area (Å²) >= 11 is 0. The third-order valence-electron chi connectivity index (χ3n) is 4.41. The van der Waals surface area contributed by atoms with Gasteiger partial charge in [0.1, 0.15) is 5.82 Å². The van der Waals surface area contributed by atoms with Gasteiger partial charge in [-0.15, -0.1) is 0 Å². The van der Waals surface area contributed by atoms with Gasteiger partial charge in [0.25, 0.3) is 0 Å². The smallest absolute Gasteiger partial charge is 0.190 e. The molecular weight excluding hydrogens is 353 g/mol. The molecule has 0 unspecified atom stereocenters. The zero-order valence-corrected chi connectivity index (χ0v) is 16.1. The Morgan fingerprint density at radius 1 is 0.964 bits per heavy atom. The van der Waals surface area contributed by atoms with Crippen LogP contribution in [0.2, 0.25) is 0 Å². The standard InChI is InChI=1S/C22H26FN5/c1-24-22(25-15-5-8-18-6-3-2-4-7-18)26-16-13-20-14-17-28(27-20)21-11-9-19(23)10-12-21/h2-4,6-7,9-12,14,17H,5,8,13,15-16H2,1H3,(H2,24,25,26). The summed E-state index contributed by atoms with van der Waals surface area (Å²) in [7, 11) is 1.77. The van der Waals surface area contributed by atoms with E-state index in [1.807, 2.05) is 18.3 Å². The van der Waals surface area contributed by atoms with E-state index in [2.05, 4.69) is 45.0 Å². The van der Waals surface area contributed by atoms with Crippen LogP contribution in [0.3, 0.4) is 0 Å². The van der Waals surface area contributed by atoms with E-state index in [-0.39, 0.29) is 5.82 Å². The molecule has 0 saturated heterocycles. The van der Waals surface area contributed by atoms with Crippen molar-refractivity contribution in [2.24, 2.45) is 4.99 Å². The summed E-state index contributed by atoms with van der Waals surface area (Å²) in [5.74, 6) is 0.550. The Hall–Kier alpha value is -3.15. The maximum Gasteiger partial charge on any atom is 0.190 e. The molecule has 1 aromatic heterocycles. The lowest BCUT2D eigenvalue weighted by Crippen LogP contribution is -2.38. The van der Waals surface area contributed by atoms with Gasteiger partial charge in [0.15, 0.2) is 5.96 Å². The number of nitrogens with zero attached hydrogens (tertiary/aromatic N) is 3. The number of benzene rings is 2. The second kappa shape index (κ2) is 10.3. The van der Waals surface area contributed by atoms with Crippen molar-refractivity contribution in [2.75, 3.05) is 20.1 Å². The van der Waals surface area contributed by atoms with Crippen molar-refractivity contribution in [3.8, 4) is 5.69 Å². The number of aliphatic imine (C=N–C) groups is 1. The summed E-state index contributed by atoms with van der Waals surface area (Å²) in [6.07, 6.45) is 4.76. The van der Waals surface area contributed by atoms with Crippen LogP contribution in [-0.2, 0) is 12.8 Å². The summed E-state index contributed by atoms with van der Waals surface area (Å²) in [4.78, 5) is 4.26. The Bertz CT molecular complexity index is 871. The molecule has 1 heterocycles. The molecule has 0 atom stereocenters. The fourth-order valence-corrected chi connectivity index (χ4v) is 2.91. The molecule has 0 aliphatic carbocycles. The van der Waals surface area contributed by atoms with E-state index < -0.39 is 0 Å². The minimum absolute atomic E-state index is 0.247. The Kier molecular flexibility index (Phi) is 7.18. The first-order valence-corrected chi connectivity index (χ1v) is 9.53. The van der Waals surface area contributed by atoms with Crippen LogP contribution in [0.25, 0.3) is 5.69 Å². The summed E-state index contributed by atoms with van der Waals surface area (Å²) in [5.41, 5.74) is 3.16. The lowest BCUT2D eigenvalue weighted by molar-refractivity contribution is 0.627. The average molecular weight is 379 g/mol. The highest BCUT2D eigenvalue weighted by Gasteiger charge is 2.03. The minimum atomic E-state index is -0.247. The van der Waals surface area contributed by atoms with Crippen LogP contribution in [0, 0.1) is 5.82 Å². The van der Waals surface area contributed by atoms with Crippen molar-refractivity contribution in [3.63, 3.8) is 0 Å². The number of aryl methyl sites for hydroxylation is 1. The number of guanidine groups is 1. The van der Waals surface area contributed by atoms with Crippen molar-refractivity contribution in [2.45, 2.75) is 19.3 Å². The van der Waals surface area contributed by atoms with Crippen molar-refractivity contribution in [1.29, 1.82) is 0 Å². The molecule has 0 radical (unpaired) electrons. The van der Waals surface area contributed by atoms with Gasteiger partial charge in [-0.2, -0.15) is 5.10 Å². The van der Waals surface area contributed by atoms with E-state index in [4.69, 9.17) is 0 Å². The quantitative estimate of drug-likeness (QED) is 0.359. The summed E-state index contributed by atoms with van der Waals surface area (Å²) in [5, 5.41) is 11.2. The predicted octanol–water partition coefficient (Wildman–Crippen LogP) is 3.35. The molecule has 0 fully saturated rings. The number of aromatic nitrogens is 2. The van der Waals surface area contributed by atoms with Crippen molar-refractivity contribution >= 4 is 5.96 Å². The molecule has 6 heteroatoms. The van der Waals surface area contributed by atoms with E-state index >= 15 is 0 Å². The molecular formula is C22H26FN5. The lowest BCUT2D eigenvalue weighted by Gasteiger charge is -2.11.